The molecule has 0 aromatic heterocycles. The summed E-state index contributed by atoms with van der Waals surface area (Å²) >= 11 is 0. The zero-order valence-electron chi connectivity index (χ0n) is 12.2. The summed E-state index contributed by atoms with van der Waals surface area (Å²) in [5, 5.41) is 3.38. The van der Waals surface area contributed by atoms with Crippen LogP contribution in [0.2, 0.25) is 0 Å². The van der Waals surface area contributed by atoms with Crippen molar-refractivity contribution in [1.82, 2.24) is 5.32 Å². The van der Waals surface area contributed by atoms with E-state index in [0.717, 1.165) is 29.9 Å². The van der Waals surface area contributed by atoms with Gasteiger partial charge in [0.15, 0.2) is 0 Å². The number of ether oxygens (including phenoxy) is 3. The van der Waals surface area contributed by atoms with E-state index in [4.69, 9.17) is 14.2 Å². The lowest BCUT2D eigenvalue weighted by atomic mass is 9.72. The molecule has 1 aromatic rings. The van der Waals surface area contributed by atoms with E-state index in [1.807, 2.05) is 25.2 Å². The van der Waals surface area contributed by atoms with Gasteiger partial charge in [0.25, 0.3) is 0 Å². The molecular weight excluding hydrogens is 242 g/mol. The van der Waals surface area contributed by atoms with Crippen LogP contribution in [-0.4, -0.2) is 34.0 Å². The molecule has 1 aliphatic rings. The summed E-state index contributed by atoms with van der Waals surface area (Å²) < 4.78 is 16.6. The van der Waals surface area contributed by atoms with Crippen LogP contribution in [0.15, 0.2) is 18.2 Å². The van der Waals surface area contributed by atoms with Gasteiger partial charge < -0.3 is 19.5 Å². The second kappa shape index (κ2) is 5.80. The van der Waals surface area contributed by atoms with Crippen LogP contribution in [0.1, 0.15) is 30.9 Å². The number of hydrogen-bond acceptors (Lipinski definition) is 4. The number of nitrogens with one attached hydrogen (secondary N) is 1. The zero-order valence-corrected chi connectivity index (χ0v) is 12.2. The van der Waals surface area contributed by atoms with Gasteiger partial charge in [0, 0.05) is 12.7 Å². The lowest BCUT2D eigenvalue weighted by molar-refractivity contribution is -0.0986. The Morgan fingerprint density at radius 1 is 1.16 bits per heavy atom. The van der Waals surface area contributed by atoms with Crippen LogP contribution >= 0.6 is 0 Å². The fourth-order valence-corrected chi connectivity index (χ4v) is 2.90. The first-order valence-electron chi connectivity index (χ1n) is 6.65. The van der Waals surface area contributed by atoms with Gasteiger partial charge in [-0.1, -0.05) is 0 Å². The summed E-state index contributed by atoms with van der Waals surface area (Å²) in [4.78, 5) is 0. The van der Waals surface area contributed by atoms with Crippen molar-refractivity contribution in [1.29, 1.82) is 0 Å². The molecule has 1 atom stereocenters. The largest absolute Gasteiger partial charge is 0.497 e. The third kappa shape index (κ3) is 2.42. The highest BCUT2D eigenvalue weighted by Gasteiger charge is 2.45. The minimum Gasteiger partial charge on any atom is -0.497 e. The van der Waals surface area contributed by atoms with Crippen LogP contribution in [0, 0.1) is 0 Å². The van der Waals surface area contributed by atoms with Crippen LogP contribution in [-0.2, 0) is 4.74 Å². The average molecular weight is 265 g/mol. The van der Waals surface area contributed by atoms with Gasteiger partial charge in [-0.15, -0.1) is 0 Å². The van der Waals surface area contributed by atoms with E-state index in [2.05, 4.69) is 5.32 Å². The number of likely N-dealkylation sites (N-methyl/N-ethyl adjacent to an activating group) is 1. The van der Waals surface area contributed by atoms with E-state index < -0.39 is 0 Å². The molecule has 4 heteroatoms. The van der Waals surface area contributed by atoms with Crippen molar-refractivity contribution in [3.05, 3.63) is 23.8 Å². The lowest BCUT2D eigenvalue weighted by Gasteiger charge is -2.46. The molecule has 106 valence electrons. The van der Waals surface area contributed by atoms with Crippen LogP contribution in [0.3, 0.4) is 0 Å². The summed E-state index contributed by atoms with van der Waals surface area (Å²) in [5.41, 5.74) is 0.958. The molecule has 0 amide bonds. The Kier molecular flexibility index (Phi) is 4.32. The predicted octanol–water partition coefficient (Wildman–Crippen LogP) is 2.53. The average Bonchev–Trinajstić information content (AvgIpc) is 2.42. The molecule has 1 saturated carbocycles. The second-order valence-electron chi connectivity index (χ2n) is 4.95. The quantitative estimate of drug-likeness (QED) is 0.858. The number of hydrogen-bond donors (Lipinski definition) is 1. The van der Waals surface area contributed by atoms with Crippen LogP contribution in [0.5, 0.6) is 11.5 Å². The van der Waals surface area contributed by atoms with Crippen molar-refractivity contribution in [2.24, 2.45) is 0 Å². The first kappa shape index (κ1) is 14.2. The van der Waals surface area contributed by atoms with E-state index in [9.17, 15) is 0 Å². The molecule has 0 heterocycles. The smallest absolute Gasteiger partial charge is 0.124 e. The van der Waals surface area contributed by atoms with Gasteiger partial charge in [0.2, 0.25) is 0 Å². The summed E-state index contributed by atoms with van der Waals surface area (Å²) in [6.07, 6.45) is 3.34. The molecule has 1 N–H and O–H groups in total. The van der Waals surface area contributed by atoms with Gasteiger partial charge in [0.1, 0.15) is 11.5 Å². The van der Waals surface area contributed by atoms with Crippen LogP contribution in [0.25, 0.3) is 0 Å². The molecule has 0 aliphatic heterocycles. The first-order chi connectivity index (χ1) is 9.20. The van der Waals surface area contributed by atoms with Crippen molar-refractivity contribution in [2.75, 3.05) is 28.4 Å². The molecule has 1 fully saturated rings. The summed E-state index contributed by atoms with van der Waals surface area (Å²) in [5.74, 6) is 1.70. The third-order valence-corrected chi connectivity index (χ3v) is 4.17. The van der Waals surface area contributed by atoms with E-state index in [-0.39, 0.29) is 11.6 Å². The zero-order chi connectivity index (χ0) is 13.9. The van der Waals surface area contributed by atoms with E-state index in [1.54, 1.807) is 21.3 Å². The molecule has 0 radical (unpaired) electrons. The molecule has 2 rings (SSSR count). The van der Waals surface area contributed by atoms with Gasteiger partial charge in [-0.05, 0) is 44.5 Å². The minimum absolute atomic E-state index is 0.108. The van der Waals surface area contributed by atoms with Gasteiger partial charge in [0.05, 0.1) is 25.9 Å². The second-order valence-corrected chi connectivity index (χ2v) is 4.95. The summed E-state index contributed by atoms with van der Waals surface area (Å²) in [6.45, 7) is 0. The van der Waals surface area contributed by atoms with Gasteiger partial charge in [-0.25, -0.2) is 0 Å². The van der Waals surface area contributed by atoms with E-state index in [1.165, 1.54) is 6.42 Å². The molecule has 4 nitrogen and oxygen atoms in total. The topological polar surface area (TPSA) is 39.7 Å². The van der Waals surface area contributed by atoms with E-state index >= 15 is 0 Å². The monoisotopic (exact) mass is 265 g/mol. The molecule has 0 saturated heterocycles. The Morgan fingerprint density at radius 3 is 2.32 bits per heavy atom. The maximum absolute atomic E-state index is 5.80. The van der Waals surface area contributed by atoms with Crippen molar-refractivity contribution in [3.63, 3.8) is 0 Å². The fraction of sp³-hybridized carbons (Fsp3) is 0.600. The Labute approximate surface area is 115 Å². The molecule has 19 heavy (non-hydrogen) atoms. The number of methoxy groups -OCH3 is 3. The minimum atomic E-state index is -0.131. The molecule has 1 aromatic carbocycles. The highest BCUT2D eigenvalue weighted by atomic mass is 16.5. The standard InChI is InChI=1S/C15H23NO3/c1-16-14(15(19-4)8-5-9-15)12-10-11(17-2)6-7-13(12)18-3/h6-7,10,14,16H,5,8-9H2,1-4H3. The first-order valence-corrected chi connectivity index (χ1v) is 6.65. The fourth-order valence-electron chi connectivity index (χ4n) is 2.90. The summed E-state index contributed by atoms with van der Waals surface area (Å²) in [7, 11) is 7.12. The van der Waals surface area contributed by atoms with Crippen molar-refractivity contribution in [3.8, 4) is 11.5 Å². The van der Waals surface area contributed by atoms with Crippen molar-refractivity contribution in [2.45, 2.75) is 30.9 Å². The highest BCUT2D eigenvalue weighted by Crippen LogP contribution is 2.47. The van der Waals surface area contributed by atoms with Gasteiger partial charge >= 0.3 is 0 Å². The normalized spacial score (nSPS) is 18.5. The number of rotatable bonds is 6. The van der Waals surface area contributed by atoms with Crippen molar-refractivity contribution >= 4 is 0 Å². The van der Waals surface area contributed by atoms with Crippen molar-refractivity contribution < 1.29 is 14.2 Å². The SMILES string of the molecule is CNC(c1cc(OC)ccc1OC)C1(OC)CCC1. The maximum atomic E-state index is 5.80. The van der Waals surface area contributed by atoms with E-state index in [0.29, 0.717) is 0 Å². The third-order valence-electron chi connectivity index (χ3n) is 4.17. The van der Waals surface area contributed by atoms with Crippen LogP contribution in [0.4, 0.5) is 0 Å². The number of benzene rings is 1. The van der Waals surface area contributed by atoms with Gasteiger partial charge in [-0.2, -0.15) is 0 Å². The Hall–Kier alpha value is -1.26. The molecule has 1 unspecified atom stereocenters. The Balaban J connectivity index is 2.41. The highest BCUT2D eigenvalue weighted by molar-refractivity contribution is 5.43. The van der Waals surface area contributed by atoms with Gasteiger partial charge in [-0.3, -0.25) is 0 Å². The van der Waals surface area contributed by atoms with Crippen LogP contribution < -0.4 is 14.8 Å². The predicted molar refractivity (Wildman–Crippen MR) is 74.9 cm³/mol. The molecule has 0 spiro atoms. The Morgan fingerprint density at radius 2 is 1.89 bits per heavy atom. The molecular formula is C15H23NO3. The summed E-state index contributed by atoms with van der Waals surface area (Å²) in [6, 6.07) is 5.99. The lowest BCUT2D eigenvalue weighted by Crippen LogP contribution is -2.49. The maximum Gasteiger partial charge on any atom is 0.124 e. The molecule has 0 bridgehead atoms. The molecule has 1 aliphatic carbocycles. The Bertz CT molecular complexity index is 424.